The molecule has 2 fully saturated rings. The first-order valence-corrected chi connectivity index (χ1v) is 12.3. The highest BCUT2D eigenvalue weighted by atomic mass is 16.5. The highest BCUT2D eigenvalue weighted by molar-refractivity contribution is 5.94. The van der Waals surface area contributed by atoms with E-state index in [2.05, 4.69) is 58.4 Å². The Bertz CT molecular complexity index is 1100. The fourth-order valence-corrected chi connectivity index (χ4v) is 4.44. The minimum atomic E-state index is 0.0609. The molecule has 0 bridgehead atoms. The number of anilines is 1. The van der Waals surface area contributed by atoms with Gasteiger partial charge in [0.25, 0.3) is 0 Å². The molecule has 5 rings (SSSR count). The number of carbonyl (C=O) groups excluding carboxylic acids is 1. The zero-order valence-electron chi connectivity index (χ0n) is 20.0. The van der Waals surface area contributed by atoms with Gasteiger partial charge >= 0.3 is 0 Å². The number of ketones is 1. The van der Waals surface area contributed by atoms with E-state index in [1.165, 1.54) is 18.5 Å². The smallest absolute Gasteiger partial charge is 0.183 e. The zero-order chi connectivity index (χ0) is 23.5. The van der Waals surface area contributed by atoms with Gasteiger partial charge in [0.15, 0.2) is 5.78 Å². The molecule has 2 atom stereocenters. The first kappa shape index (κ1) is 22.5. The molecule has 178 valence electrons. The number of rotatable bonds is 10. The molecular weight excluding hydrogens is 426 g/mol. The Morgan fingerprint density at radius 2 is 1.82 bits per heavy atom. The maximum atomic E-state index is 12.4. The van der Waals surface area contributed by atoms with Crippen LogP contribution >= 0.6 is 0 Å². The third-order valence-electron chi connectivity index (χ3n) is 6.76. The standard InChI is InChI=1S/C28H33N3O3/c1-19(15-28(32)27-16-20(2)29-30-27)22-5-9-25(10-6-22)34-26-13-14-31(17-26)23-7-11-24(12-8-23)33-18-21-3-4-21/h5-12,16,19,21,26H,3-4,13-15,17-18H2,1-2H3,(H,29,30)/t19-,26-/m1/s1. The first-order valence-electron chi connectivity index (χ1n) is 12.3. The van der Waals surface area contributed by atoms with Gasteiger partial charge in [-0.1, -0.05) is 19.1 Å². The van der Waals surface area contributed by atoms with Crippen molar-refractivity contribution >= 4 is 11.5 Å². The van der Waals surface area contributed by atoms with E-state index in [-0.39, 0.29) is 17.8 Å². The van der Waals surface area contributed by atoms with Crippen LogP contribution in [0.5, 0.6) is 11.5 Å². The quantitative estimate of drug-likeness (QED) is 0.403. The predicted molar refractivity (Wildman–Crippen MR) is 133 cm³/mol. The molecule has 1 saturated carbocycles. The maximum absolute atomic E-state index is 12.4. The first-order chi connectivity index (χ1) is 16.5. The summed E-state index contributed by atoms with van der Waals surface area (Å²) in [4.78, 5) is 14.8. The second-order valence-corrected chi connectivity index (χ2v) is 9.76. The number of nitrogens with zero attached hydrogens (tertiary/aromatic N) is 2. The summed E-state index contributed by atoms with van der Waals surface area (Å²) in [6, 6.07) is 18.4. The zero-order valence-corrected chi connectivity index (χ0v) is 20.0. The Balaban J connectivity index is 1.10. The Hall–Kier alpha value is -3.28. The lowest BCUT2D eigenvalue weighted by molar-refractivity contribution is 0.0971. The molecule has 0 amide bonds. The van der Waals surface area contributed by atoms with Crippen molar-refractivity contribution < 1.29 is 14.3 Å². The van der Waals surface area contributed by atoms with E-state index in [4.69, 9.17) is 9.47 Å². The summed E-state index contributed by atoms with van der Waals surface area (Å²) in [5, 5.41) is 6.91. The highest BCUT2D eigenvalue weighted by Crippen LogP contribution is 2.31. The van der Waals surface area contributed by atoms with Crippen LogP contribution in [0.3, 0.4) is 0 Å². The molecule has 0 radical (unpaired) electrons. The van der Waals surface area contributed by atoms with E-state index in [9.17, 15) is 4.79 Å². The molecule has 2 heterocycles. The average molecular weight is 460 g/mol. The van der Waals surface area contributed by atoms with Gasteiger partial charge in [-0.15, -0.1) is 0 Å². The Labute approximate surface area is 201 Å². The highest BCUT2D eigenvalue weighted by Gasteiger charge is 2.25. The van der Waals surface area contributed by atoms with E-state index in [0.717, 1.165) is 54.8 Å². The van der Waals surface area contributed by atoms with Crippen molar-refractivity contribution in [2.75, 3.05) is 24.6 Å². The van der Waals surface area contributed by atoms with E-state index in [0.29, 0.717) is 12.1 Å². The molecule has 1 aliphatic carbocycles. The predicted octanol–water partition coefficient (Wildman–Crippen LogP) is 5.54. The summed E-state index contributed by atoms with van der Waals surface area (Å²) in [5.41, 5.74) is 3.75. The third-order valence-corrected chi connectivity index (χ3v) is 6.76. The number of Topliss-reactive ketones (excluding diaryl/α,β-unsaturated/α-hetero) is 1. The van der Waals surface area contributed by atoms with Crippen molar-refractivity contribution in [1.82, 2.24) is 10.2 Å². The van der Waals surface area contributed by atoms with Gasteiger partial charge in [0.05, 0.1) is 13.2 Å². The van der Waals surface area contributed by atoms with Crippen LogP contribution in [0.2, 0.25) is 0 Å². The van der Waals surface area contributed by atoms with E-state index in [1.54, 1.807) is 6.07 Å². The third kappa shape index (κ3) is 5.61. The van der Waals surface area contributed by atoms with Gasteiger partial charge in [0, 0.05) is 30.8 Å². The average Bonchev–Trinajstić information content (AvgIpc) is 3.39. The number of hydrogen-bond donors (Lipinski definition) is 1. The molecule has 0 unspecified atom stereocenters. The SMILES string of the molecule is Cc1cc(C(=O)C[C@@H](C)c2ccc(O[C@@H]3CCN(c4ccc(OCC5CC5)cc4)C3)cc2)n[nH]1. The summed E-state index contributed by atoms with van der Waals surface area (Å²) in [7, 11) is 0. The fraction of sp³-hybridized carbons (Fsp3) is 0.429. The molecule has 3 aromatic rings. The summed E-state index contributed by atoms with van der Waals surface area (Å²) in [5.74, 6) is 2.78. The molecule has 1 aromatic heterocycles. The number of hydrogen-bond acceptors (Lipinski definition) is 5. The molecule has 2 aliphatic rings. The van der Waals surface area contributed by atoms with Crippen LogP contribution in [-0.2, 0) is 0 Å². The van der Waals surface area contributed by atoms with Gasteiger partial charge in [-0.2, -0.15) is 5.10 Å². The number of nitrogens with one attached hydrogen (secondary N) is 1. The van der Waals surface area contributed by atoms with Crippen molar-refractivity contribution in [2.24, 2.45) is 5.92 Å². The van der Waals surface area contributed by atoms with Gasteiger partial charge in [-0.05, 0) is 79.6 Å². The van der Waals surface area contributed by atoms with Crippen LogP contribution in [0, 0.1) is 12.8 Å². The Morgan fingerprint density at radius 1 is 1.09 bits per heavy atom. The van der Waals surface area contributed by atoms with Crippen LogP contribution in [0.1, 0.15) is 60.3 Å². The molecule has 6 nitrogen and oxygen atoms in total. The fourth-order valence-electron chi connectivity index (χ4n) is 4.44. The number of H-pyrrole nitrogens is 1. The van der Waals surface area contributed by atoms with Crippen LogP contribution in [0.25, 0.3) is 0 Å². The Morgan fingerprint density at radius 3 is 2.50 bits per heavy atom. The minimum absolute atomic E-state index is 0.0609. The molecule has 1 aliphatic heterocycles. The summed E-state index contributed by atoms with van der Waals surface area (Å²) >= 11 is 0. The van der Waals surface area contributed by atoms with Gasteiger partial charge in [0.1, 0.15) is 23.3 Å². The van der Waals surface area contributed by atoms with Gasteiger partial charge < -0.3 is 14.4 Å². The monoisotopic (exact) mass is 459 g/mol. The lowest BCUT2D eigenvalue weighted by Crippen LogP contribution is -2.24. The number of aromatic amines is 1. The molecule has 2 aromatic carbocycles. The van der Waals surface area contributed by atoms with Crippen LogP contribution in [0.15, 0.2) is 54.6 Å². The second kappa shape index (κ2) is 9.92. The van der Waals surface area contributed by atoms with Crippen LogP contribution in [-0.4, -0.2) is 41.8 Å². The van der Waals surface area contributed by atoms with Crippen molar-refractivity contribution in [3.63, 3.8) is 0 Å². The van der Waals surface area contributed by atoms with Crippen molar-refractivity contribution in [3.8, 4) is 11.5 Å². The van der Waals surface area contributed by atoms with Crippen molar-refractivity contribution in [1.29, 1.82) is 0 Å². The number of carbonyl (C=O) groups is 1. The summed E-state index contributed by atoms with van der Waals surface area (Å²) in [6.45, 7) is 6.67. The summed E-state index contributed by atoms with van der Waals surface area (Å²) < 4.78 is 12.1. The van der Waals surface area contributed by atoms with Crippen molar-refractivity contribution in [3.05, 3.63) is 71.5 Å². The van der Waals surface area contributed by atoms with Crippen molar-refractivity contribution in [2.45, 2.75) is 51.6 Å². The maximum Gasteiger partial charge on any atom is 0.183 e. The minimum Gasteiger partial charge on any atom is -0.493 e. The molecule has 34 heavy (non-hydrogen) atoms. The molecule has 1 N–H and O–H groups in total. The van der Waals surface area contributed by atoms with Crippen LogP contribution in [0.4, 0.5) is 5.69 Å². The van der Waals surface area contributed by atoms with Gasteiger partial charge in [-0.3, -0.25) is 9.89 Å². The number of ether oxygens (including phenoxy) is 2. The Kier molecular flexibility index (Phi) is 6.57. The van der Waals surface area contributed by atoms with E-state index in [1.807, 2.05) is 19.1 Å². The summed E-state index contributed by atoms with van der Waals surface area (Å²) in [6.07, 6.45) is 4.21. The second-order valence-electron chi connectivity index (χ2n) is 9.76. The number of benzene rings is 2. The molecule has 1 saturated heterocycles. The molecule has 0 spiro atoms. The van der Waals surface area contributed by atoms with Crippen LogP contribution < -0.4 is 14.4 Å². The molecular formula is C28H33N3O3. The van der Waals surface area contributed by atoms with Gasteiger partial charge in [-0.25, -0.2) is 0 Å². The largest absolute Gasteiger partial charge is 0.493 e. The van der Waals surface area contributed by atoms with E-state index < -0.39 is 0 Å². The molecule has 6 heteroatoms. The number of aromatic nitrogens is 2. The van der Waals surface area contributed by atoms with E-state index >= 15 is 0 Å². The topological polar surface area (TPSA) is 67.4 Å². The lowest BCUT2D eigenvalue weighted by atomic mass is 9.94. The lowest BCUT2D eigenvalue weighted by Gasteiger charge is -2.20. The number of aryl methyl sites for hydroxylation is 1. The normalized spacial score (nSPS) is 18.6. The van der Waals surface area contributed by atoms with Gasteiger partial charge in [0.2, 0.25) is 0 Å².